The number of halogens is 1. The monoisotopic (exact) mass is 290 g/mol. The van der Waals surface area contributed by atoms with E-state index in [0.29, 0.717) is 18.7 Å². The fourth-order valence-corrected chi connectivity index (χ4v) is 2.85. The van der Waals surface area contributed by atoms with Crippen molar-refractivity contribution in [2.45, 2.75) is 18.4 Å². The fourth-order valence-electron chi connectivity index (χ4n) is 1.59. The van der Waals surface area contributed by atoms with Gasteiger partial charge in [-0.15, -0.1) is 0 Å². The molecule has 0 heterocycles. The lowest BCUT2D eigenvalue weighted by molar-refractivity contribution is 0.153. The predicted octanol–water partition coefficient (Wildman–Crippen LogP) is 0.860. The summed E-state index contributed by atoms with van der Waals surface area (Å²) < 4.78 is 44.8. The highest BCUT2D eigenvalue weighted by atomic mass is 32.2. The third-order valence-electron chi connectivity index (χ3n) is 2.43. The minimum atomic E-state index is -3.73. The first-order valence-corrected chi connectivity index (χ1v) is 7.50. The highest BCUT2D eigenvalue weighted by molar-refractivity contribution is 7.89. The molecule has 0 aliphatic rings. The minimum Gasteiger partial charge on any atom is -0.380 e. The van der Waals surface area contributed by atoms with E-state index in [4.69, 9.17) is 4.74 Å². The summed E-state index contributed by atoms with van der Waals surface area (Å²) in [6.07, 6.45) is 0. The summed E-state index contributed by atoms with van der Waals surface area (Å²) in [5.41, 5.74) is 0.521. The summed E-state index contributed by atoms with van der Waals surface area (Å²) in [6.45, 7) is 3.14. The molecule has 0 spiro atoms. The molecule has 0 atom stereocenters. The zero-order valence-electron chi connectivity index (χ0n) is 11.1. The number of rotatable bonds is 8. The Kier molecular flexibility index (Phi) is 6.36. The molecular weight excluding hydrogens is 271 g/mol. The Morgan fingerprint density at radius 2 is 2.11 bits per heavy atom. The van der Waals surface area contributed by atoms with E-state index in [0.717, 1.165) is 6.07 Å². The molecule has 1 aromatic carbocycles. The topological polar surface area (TPSA) is 67.4 Å². The molecule has 0 saturated carbocycles. The Bertz CT molecular complexity index is 506. The van der Waals surface area contributed by atoms with E-state index >= 15 is 0 Å². The summed E-state index contributed by atoms with van der Waals surface area (Å²) in [5, 5.41) is 2.85. The largest absolute Gasteiger partial charge is 0.380 e. The molecule has 5 nitrogen and oxygen atoms in total. The summed E-state index contributed by atoms with van der Waals surface area (Å²) in [5.74, 6) is -0.579. The molecule has 0 saturated heterocycles. The van der Waals surface area contributed by atoms with Crippen LogP contribution in [0, 0.1) is 5.82 Å². The van der Waals surface area contributed by atoms with Crippen molar-refractivity contribution < 1.29 is 17.5 Å². The molecule has 1 aromatic rings. The first kappa shape index (κ1) is 16.0. The van der Waals surface area contributed by atoms with E-state index in [1.165, 1.54) is 12.1 Å². The third kappa shape index (κ3) is 4.87. The van der Waals surface area contributed by atoms with Crippen molar-refractivity contribution in [1.29, 1.82) is 0 Å². The molecule has 1 rings (SSSR count). The van der Waals surface area contributed by atoms with Crippen LogP contribution in [0.5, 0.6) is 0 Å². The van der Waals surface area contributed by atoms with Crippen LogP contribution >= 0.6 is 0 Å². The number of hydrogen-bond acceptors (Lipinski definition) is 4. The SMILES string of the molecule is CCOCCNS(=O)(=O)c1cc(F)ccc1CNC. The van der Waals surface area contributed by atoms with Gasteiger partial charge in [-0.2, -0.15) is 0 Å². The van der Waals surface area contributed by atoms with Crippen molar-refractivity contribution >= 4 is 10.0 Å². The van der Waals surface area contributed by atoms with E-state index < -0.39 is 15.8 Å². The molecule has 0 aliphatic heterocycles. The Labute approximate surface area is 113 Å². The van der Waals surface area contributed by atoms with Crippen molar-refractivity contribution in [3.8, 4) is 0 Å². The van der Waals surface area contributed by atoms with Crippen molar-refractivity contribution in [3.63, 3.8) is 0 Å². The molecule has 0 unspecified atom stereocenters. The first-order chi connectivity index (χ1) is 9.01. The van der Waals surface area contributed by atoms with Crippen LogP contribution in [0.1, 0.15) is 12.5 Å². The van der Waals surface area contributed by atoms with Gasteiger partial charge in [0.1, 0.15) is 5.82 Å². The van der Waals surface area contributed by atoms with Crippen molar-refractivity contribution in [1.82, 2.24) is 10.0 Å². The summed E-state index contributed by atoms with van der Waals surface area (Å²) in [7, 11) is -2.03. The van der Waals surface area contributed by atoms with Crippen molar-refractivity contribution in [2.75, 3.05) is 26.8 Å². The van der Waals surface area contributed by atoms with Crippen LogP contribution in [0.2, 0.25) is 0 Å². The molecule has 19 heavy (non-hydrogen) atoms. The van der Waals surface area contributed by atoms with E-state index in [2.05, 4.69) is 10.0 Å². The Balaban J connectivity index is 2.89. The number of hydrogen-bond donors (Lipinski definition) is 2. The summed E-state index contributed by atoms with van der Waals surface area (Å²) in [6, 6.07) is 3.73. The molecule has 2 N–H and O–H groups in total. The fraction of sp³-hybridized carbons (Fsp3) is 0.500. The lowest BCUT2D eigenvalue weighted by Gasteiger charge is -2.11. The van der Waals surface area contributed by atoms with Crippen molar-refractivity contribution in [2.24, 2.45) is 0 Å². The average molecular weight is 290 g/mol. The van der Waals surface area contributed by atoms with Gasteiger partial charge in [0.2, 0.25) is 10.0 Å². The van der Waals surface area contributed by atoms with Gasteiger partial charge in [-0.05, 0) is 31.7 Å². The average Bonchev–Trinajstić information content (AvgIpc) is 2.37. The quantitative estimate of drug-likeness (QED) is 0.697. The lowest BCUT2D eigenvalue weighted by atomic mass is 10.2. The van der Waals surface area contributed by atoms with Gasteiger partial charge < -0.3 is 10.1 Å². The van der Waals surface area contributed by atoms with Crippen LogP contribution in [0.15, 0.2) is 23.1 Å². The molecule has 0 aliphatic carbocycles. The van der Waals surface area contributed by atoms with Gasteiger partial charge >= 0.3 is 0 Å². The van der Waals surface area contributed by atoms with E-state index in [-0.39, 0.29) is 18.0 Å². The maximum absolute atomic E-state index is 13.2. The van der Waals surface area contributed by atoms with Gasteiger partial charge in [-0.3, -0.25) is 0 Å². The molecule has 0 fully saturated rings. The molecular formula is C12H19FN2O3S. The van der Waals surface area contributed by atoms with Gasteiger partial charge in [0.15, 0.2) is 0 Å². The molecule has 0 aromatic heterocycles. The van der Waals surface area contributed by atoms with Crippen LogP contribution < -0.4 is 10.0 Å². The molecule has 108 valence electrons. The molecule has 0 bridgehead atoms. The van der Waals surface area contributed by atoms with E-state index in [9.17, 15) is 12.8 Å². The van der Waals surface area contributed by atoms with Crippen LogP contribution in [0.4, 0.5) is 4.39 Å². The molecule has 7 heteroatoms. The lowest BCUT2D eigenvalue weighted by Crippen LogP contribution is -2.29. The minimum absolute atomic E-state index is 0.0432. The van der Waals surface area contributed by atoms with Crippen LogP contribution in [0.25, 0.3) is 0 Å². The molecule has 0 amide bonds. The summed E-state index contributed by atoms with van der Waals surface area (Å²) >= 11 is 0. The summed E-state index contributed by atoms with van der Waals surface area (Å²) in [4.78, 5) is -0.0432. The Hall–Kier alpha value is -1.02. The molecule has 0 radical (unpaired) electrons. The van der Waals surface area contributed by atoms with E-state index in [1.54, 1.807) is 7.05 Å². The normalized spacial score (nSPS) is 11.7. The Morgan fingerprint density at radius 1 is 1.37 bits per heavy atom. The number of sulfonamides is 1. The van der Waals surface area contributed by atoms with Gasteiger partial charge in [-0.25, -0.2) is 17.5 Å². The zero-order valence-corrected chi connectivity index (χ0v) is 11.9. The predicted molar refractivity (Wildman–Crippen MR) is 70.8 cm³/mol. The standard InChI is InChI=1S/C12H19FN2O3S/c1-3-18-7-6-15-19(16,17)12-8-11(13)5-4-10(12)9-14-2/h4-5,8,14-15H,3,6-7,9H2,1-2H3. The van der Waals surface area contributed by atoms with Crippen LogP contribution in [0.3, 0.4) is 0 Å². The number of ether oxygens (including phenoxy) is 1. The van der Waals surface area contributed by atoms with Crippen LogP contribution in [-0.4, -0.2) is 35.2 Å². The van der Waals surface area contributed by atoms with Gasteiger partial charge in [0.05, 0.1) is 11.5 Å². The second-order valence-electron chi connectivity index (χ2n) is 3.88. The van der Waals surface area contributed by atoms with Gasteiger partial charge in [0, 0.05) is 19.7 Å². The smallest absolute Gasteiger partial charge is 0.241 e. The highest BCUT2D eigenvalue weighted by Gasteiger charge is 2.18. The highest BCUT2D eigenvalue weighted by Crippen LogP contribution is 2.17. The second-order valence-corrected chi connectivity index (χ2v) is 5.61. The first-order valence-electron chi connectivity index (χ1n) is 6.01. The van der Waals surface area contributed by atoms with Gasteiger partial charge in [0.25, 0.3) is 0 Å². The zero-order chi connectivity index (χ0) is 14.3. The van der Waals surface area contributed by atoms with Crippen molar-refractivity contribution in [3.05, 3.63) is 29.6 Å². The maximum Gasteiger partial charge on any atom is 0.241 e. The maximum atomic E-state index is 13.2. The van der Waals surface area contributed by atoms with Gasteiger partial charge in [-0.1, -0.05) is 6.07 Å². The Morgan fingerprint density at radius 3 is 2.74 bits per heavy atom. The number of nitrogens with one attached hydrogen (secondary N) is 2. The van der Waals surface area contributed by atoms with Crippen LogP contribution in [-0.2, 0) is 21.3 Å². The second kappa shape index (κ2) is 7.54. The number of benzene rings is 1. The third-order valence-corrected chi connectivity index (χ3v) is 3.97. The van der Waals surface area contributed by atoms with E-state index in [1.807, 2.05) is 6.92 Å².